The van der Waals surface area contributed by atoms with Crippen molar-refractivity contribution < 1.29 is 4.79 Å². The zero-order valence-corrected chi connectivity index (χ0v) is 12.6. The number of amides is 1. The second kappa shape index (κ2) is 5.80. The number of nitrogens with zero attached hydrogens (tertiary/aromatic N) is 1. The van der Waals surface area contributed by atoms with Gasteiger partial charge in [-0.25, -0.2) is 0 Å². The lowest BCUT2D eigenvalue weighted by molar-refractivity contribution is -0.132. The highest BCUT2D eigenvalue weighted by molar-refractivity contribution is 5.83. The van der Waals surface area contributed by atoms with Crippen LogP contribution in [0.1, 0.15) is 38.8 Å². The average molecular weight is 272 g/mol. The van der Waals surface area contributed by atoms with Gasteiger partial charge in [0.1, 0.15) is 6.04 Å². The molecule has 0 spiro atoms. The van der Waals surface area contributed by atoms with Crippen molar-refractivity contribution in [1.82, 2.24) is 4.90 Å². The predicted octanol–water partition coefficient (Wildman–Crippen LogP) is 2.89. The topological polar surface area (TPSA) is 46.3 Å². The first-order valence-electron chi connectivity index (χ1n) is 7.18. The quantitative estimate of drug-likeness (QED) is 0.841. The minimum absolute atomic E-state index is 0.0143. The van der Waals surface area contributed by atoms with Gasteiger partial charge in [0.05, 0.1) is 0 Å². The van der Waals surface area contributed by atoms with Crippen molar-refractivity contribution in [2.75, 3.05) is 13.1 Å². The van der Waals surface area contributed by atoms with E-state index in [-0.39, 0.29) is 11.3 Å². The molecule has 0 aliphatic carbocycles. The highest BCUT2D eigenvalue weighted by Gasteiger charge is 2.26. The first-order valence-corrected chi connectivity index (χ1v) is 7.18. The van der Waals surface area contributed by atoms with Crippen LogP contribution in [0.4, 0.5) is 0 Å². The van der Waals surface area contributed by atoms with Gasteiger partial charge in [0, 0.05) is 13.1 Å². The van der Waals surface area contributed by atoms with E-state index in [1.54, 1.807) is 0 Å². The van der Waals surface area contributed by atoms with E-state index in [1.807, 2.05) is 35.2 Å². The van der Waals surface area contributed by atoms with Crippen molar-refractivity contribution in [2.45, 2.75) is 33.2 Å². The predicted molar refractivity (Wildman–Crippen MR) is 82.1 cm³/mol. The monoisotopic (exact) mass is 272 g/mol. The molecule has 1 aromatic rings. The van der Waals surface area contributed by atoms with Gasteiger partial charge in [-0.1, -0.05) is 62.8 Å². The van der Waals surface area contributed by atoms with Crippen LogP contribution in [0.5, 0.6) is 0 Å². The minimum Gasteiger partial charge on any atom is -0.337 e. The molecular weight excluding hydrogens is 248 g/mol. The lowest BCUT2D eigenvalue weighted by Gasteiger charge is -2.33. The van der Waals surface area contributed by atoms with Crippen LogP contribution in [-0.2, 0) is 4.79 Å². The van der Waals surface area contributed by atoms with Gasteiger partial charge in [0.2, 0.25) is 5.91 Å². The van der Waals surface area contributed by atoms with Crippen molar-refractivity contribution in [3.05, 3.63) is 47.5 Å². The summed E-state index contributed by atoms with van der Waals surface area (Å²) in [5, 5.41) is 0. The van der Waals surface area contributed by atoms with Gasteiger partial charge < -0.3 is 10.6 Å². The molecule has 3 heteroatoms. The van der Waals surface area contributed by atoms with Crippen LogP contribution in [0.3, 0.4) is 0 Å². The van der Waals surface area contributed by atoms with Gasteiger partial charge in [0.25, 0.3) is 0 Å². The Labute approximate surface area is 121 Å². The van der Waals surface area contributed by atoms with Crippen LogP contribution >= 0.6 is 0 Å². The Morgan fingerprint density at radius 3 is 2.40 bits per heavy atom. The minimum atomic E-state index is -0.555. The van der Waals surface area contributed by atoms with E-state index in [0.717, 1.165) is 18.5 Å². The van der Waals surface area contributed by atoms with E-state index in [1.165, 1.54) is 5.57 Å². The molecule has 2 N–H and O–H groups in total. The Morgan fingerprint density at radius 1 is 1.25 bits per heavy atom. The van der Waals surface area contributed by atoms with Crippen molar-refractivity contribution in [2.24, 2.45) is 11.1 Å². The van der Waals surface area contributed by atoms with Gasteiger partial charge in [-0.15, -0.1) is 0 Å². The molecular formula is C17H24N2O. The summed E-state index contributed by atoms with van der Waals surface area (Å²) in [5.41, 5.74) is 8.57. The Hall–Kier alpha value is -1.61. The molecule has 0 aromatic heterocycles. The van der Waals surface area contributed by atoms with E-state index in [0.29, 0.717) is 6.54 Å². The fraction of sp³-hybridized carbons (Fsp3) is 0.471. The van der Waals surface area contributed by atoms with E-state index in [9.17, 15) is 4.79 Å². The van der Waals surface area contributed by atoms with E-state index in [4.69, 9.17) is 5.73 Å². The normalized spacial score (nSPS) is 17.6. The van der Waals surface area contributed by atoms with Crippen LogP contribution < -0.4 is 5.73 Å². The van der Waals surface area contributed by atoms with Crippen molar-refractivity contribution >= 4 is 5.91 Å². The standard InChI is InChI=1S/C17H24N2O/c1-17(2,3)14-9-11-19(12-10-14)16(20)15(18)13-7-5-4-6-8-13/h4-9,15H,10-12,18H2,1-3H3/t15-/m0/s1. The Bertz CT molecular complexity index is 499. The van der Waals surface area contributed by atoms with Gasteiger partial charge >= 0.3 is 0 Å². The Balaban J connectivity index is 2.04. The molecule has 0 bridgehead atoms. The Morgan fingerprint density at radius 2 is 1.90 bits per heavy atom. The molecule has 1 heterocycles. The smallest absolute Gasteiger partial charge is 0.244 e. The van der Waals surface area contributed by atoms with Gasteiger partial charge in [0.15, 0.2) is 0 Å². The summed E-state index contributed by atoms with van der Waals surface area (Å²) in [6.07, 6.45) is 3.12. The molecule has 0 radical (unpaired) electrons. The third-order valence-electron chi connectivity index (χ3n) is 3.91. The summed E-state index contributed by atoms with van der Waals surface area (Å²) in [5.74, 6) is 0.0143. The zero-order valence-electron chi connectivity index (χ0n) is 12.6. The first kappa shape index (κ1) is 14.8. The Kier molecular flexibility index (Phi) is 4.29. The van der Waals surface area contributed by atoms with E-state index < -0.39 is 6.04 Å². The van der Waals surface area contributed by atoms with Gasteiger partial charge in [-0.3, -0.25) is 4.79 Å². The summed E-state index contributed by atoms with van der Waals surface area (Å²) < 4.78 is 0. The molecule has 0 unspecified atom stereocenters. The second-order valence-electron chi connectivity index (χ2n) is 6.40. The van der Waals surface area contributed by atoms with Gasteiger partial charge in [-0.05, 0) is 17.4 Å². The number of rotatable bonds is 2. The molecule has 1 aromatic carbocycles. The summed E-state index contributed by atoms with van der Waals surface area (Å²) in [7, 11) is 0. The molecule has 2 rings (SSSR count). The number of carbonyl (C=O) groups excluding carboxylic acids is 1. The molecule has 0 fully saturated rings. The number of hydrogen-bond acceptors (Lipinski definition) is 2. The summed E-state index contributed by atoms with van der Waals surface area (Å²) in [4.78, 5) is 14.3. The summed E-state index contributed by atoms with van der Waals surface area (Å²) in [6.45, 7) is 8.08. The third-order valence-corrected chi connectivity index (χ3v) is 3.91. The van der Waals surface area contributed by atoms with Crippen molar-refractivity contribution in [1.29, 1.82) is 0 Å². The molecule has 3 nitrogen and oxygen atoms in total. The third kappa shape index (κ3) is 3.28. The van der Waals surface area contributed by atoms with Crippen LogP contribution in [0.25, 0.3) is 0 Å². The fourth-order valence-corrected chi connectivity index (χ4v) is 2.55. The summed E-state index contributed by atoms with van der Waals surface area (Å²) in [6, 6.07) is 9.01. The summed E-state index contributed by atoms with van der Waals surface area (Å²) >= 11 is 0. The molecule has 1 atom stereocenters. The average Bonchev–Trinajstić information content (AvgIpc) is 2.46. The van der Waals surface area contributed by atoms with Gasteiger partial charge in [-0.2, -0.15) is 0 Å². The number of benzene rings is 1. The maximum absolute atomic E-state index is 12.4. The molecule has 1 aliphatic rings. The first-order chi connectivity index (χ1) is 9.39. The number of hydrogen-bond donors (Lipinski definition) is 1. The van der Waals surface area contributed by atoms with Crippen LogP contribution in [0, 0.1) is 5.41 Å². The SMILES string of the molecule is CC(C)(C)C1=CCN(C(=O)[C@@H](N)c2ccccc2)CC1. The zero-order chi connectivity index (χ0) is 14.8. The van der Waals surface area contributed by atoms with E-state index in [2.05, 4.69) is 26.8 Å². The highest BCUT2D eigenvalue weighted by atomic mass is 16.2. The maximum atomic E-state index is 12.4. The van der Waals surface area contributed by atoms with Crippen molar-refractivity contribution in [3.8, 4) is 0 Å². The number of carbonyl (C=O) groups is 1. The van der Waals surface area contributed by atoms with Crippen LogP contribution in [0.15, 0.2) is 42.0 Å². The molecule has 20 heavy (non-hydrogen) atoms. The fourth-order valence-electron chi connectivity index (χ4n) is 2.55. The highest BCUT2D eigenvalue weighted by Crippen LogP contribution is 2.30. The maximum Gasteiger partial charge on any atom is 0.244 e. The van der Waals surface area contributed by atoms with Crippen LogP contribution in [0.2, 0.25) is 0 Å². The lowest BCUT2D eigenvalue weighted by Crippen LogP contribution is -2.41. The molecule has 0 saturated heterocycles. The molecule has 0 saturated carbocycles. The molecule has 1 aliphatic heterocycles. The number of nitrogens with two attached hydrogens (primary N) is 1. The van der Waals surface area contributed by atoms with Crippen LogP contribution in [-0.4, -0.2) is 23.9 Å². The molecule has 1 amide bonds. The second-order valence-corrected chi connectivity index (χ2v) is 6.40. The molecule has 108 valence electrons. The van der Waals surface area contributed by atoms with E-state index >= 15 is 0 Å². The lowest BCUT2D eigenvalue weighted by atomic mass is 9.83. The van der Waals surface area contributed by atoms with Crippen molar-refractivity contribution in [3.63, 3.8) is 0 Å². The largest absolute Gasteiger partial charge is 0.337 e.